The number of ether oxygens (including phenoxy) is 1. The first-order valence-corrected chi connectivity index (χ1v) is 10.4. The lowest BCUT2D eigenvalue weighted by molar-refractivity contribution is -0.385. The fourth-order valence-corrected chi connectivity index (χ4v) is 4.09. The molecule has 0 radical (unpaired) electrons. The van der Waals surface area contributed by atoms with Crippen LogP contribution in [0.3, 0.4) is 0 Å². The summed E-state index contributed by atoms with van der Waals surface area (Å²) in [6, 6.07) is 9.38. The van der Waals surface area contributed by atoms with Gasteiger partial charge in [0.15, 0.2) is 0 Å². The average molecular weight is 424 g/mol. The molecule has 2 aromatic carbocycles. The van der Waals surface area contributed by atoms with Crippen molar-refractivity contribution < 1.29 is 27.3 Å². The summed E-state index contributed by atoms with van der Waals surface area (Å²) in [6.45, 7) is 3.26. The molecule has 0 aliphatic rings. The third-order valence-electron chi connectivity index (χ3n) is 3.81. The van der Waals surface area contributed by atoms with Crippen molar-refractivity contribution >= 4 is 21.7 Å². The highest BCUT2D eigenvalue weighted by Crippen LogP contribution is 2.28. The first-order valence-electron chi connectivity index (χ1n) is 8.74. The number of benzene rings is 2. The van der Waals surface area contributed by atoms with Gasteiger partial charge in [0.05, 0.1) is 29.2 Å². The van der Waals surface area contributed by atoms with Crippen LogP contribution in [0.4, 0.5) is 10.1 Å². The third kappa shape index (κ3) is 6.91. The van der Waals surface area contributed by atoms with E-state index in [0.29, 0.717) is 0 Å². The van der Waals surface area contributed by atoms with Gasteiger partial charge in [0, 0.05) is 11.6 Å². The predicted octanol–water partition coefficient (Wildman–Crippen LogP) is 3.24. The Morgan fingerprint density at radius 3 is 2.52 bits per heavy atom. The maximum atomic E-state index is 13.4. The summed E-state index contributed by atoms with van der Waals surface area (Å²) < 4.78 is 46.0. The van der Waals surface area contributed by atoms with Crippen molar-refractivity contribution in [2.24, 2.45) is 0 Å². The van der Waals surface area contributed by atoms with Crippen molar-refractivity contribution in [2.45, 2.75) is 38.2 Å². The molecule has 0 fully saturated rings. The monoisotopic (exact) mass is 424 g/mol. The summed E-state index contributed by atoms with van der Waals surface area (Å²) in [6.07, 6.45) is -0.872. The number of nitro benzene ring substituents is 1. The molecule has 0 spiro atoms. The van der Waals surface area contributed by atoms with E-state index in [-0.39, 0.29) is 16.8 Å². The lowest BCUT2D eigenvalue weighted by Crippen LogP contribution is -2.32. The fraction of sp³-hybridized carbons (Fsp3) is 0.316. The lowest BCUT2D eigenvalue weighted by atomic mass is 10.0. The summed E-state index contributed by atoms with van der Waals surface area (Å²) in [5.41, 5.74) is -0.104. The SMILES string of the molecule is CC(C)OC(=O)CC(NS(=O)(=O)Cc1cccc(F)c1)c1ccccc1[N+](=O)[O-]. The molecule has 0 amide bonds. The zero-order valence-electron chi connectivity index (χ0n) is 15.9. The summed E-state index contributed by atoms with van der Waals surface area (Å²) in [7, 11) is -4.06. The molecule has 1 unspecified atom stereocenters. The summed E-state index contributed by atoms with van der Waals surface area (Å²) >= 11 is 0. The second-order valence-electron chi connectivity index (χ2n) is 6.62. The van der Waals surface area contributed by atoms with Crippen LogP contribution in [0.25, 0.3) is 0 Å². The van der Waals surface area contributed by atoms with E-state index >= 15 is 0 Å². The minimum Gasteiger partial charge on any atom is -0.463 e. The quantitative estimate of drug-likeness (QED) is 0.375. The molecule has 0 bridgehead atoms. The van der Waals surface area contributed by atoms with Crippen LogP contribution in [-0.2, 0) is 25.3 Å². The third-order valence-corrected chi connectivity index (χ3v) is 5.17. The number of carbonyl (C=O) groups excluding carboxylic acids is 1. The minimum atomic E-state index is -4.06. The number of hydrogen-bond donors (Lipinski definition) is 1. The fourth-order valence-electron chi connectivity index (χ4n) is 2.75. The largest absolute Gasteiger partial charge is 0.463 e. The molecule has 0 saturated carbocycles. The molecule has 2 rings (SSSR count). The van der Waals surface area contributed by atoms with Crippen molar-refractivity contribution in [1.29, 1.82) is 0 Å². The molecule has 0 aliphatic heterocycles. The molecule has 2 aromatic rings. The van der Waals surface area contributed by atoms with Crippen LogP contribution in [0.5, 0.6) is 0 Å². The molecule has 0 aromatic heterocycles. The van der Waals surface area contributed by atoms with E-state index in [4.69, 9.17) is 4.74 Å². The number of sulfonamides is 1. The van der Waals surface area contributed by atoms with Gasteiger partial charge in [0.2, 0.25) is 10.0 Å². The Morgan fingerprint density at radius 1 is 1.21 bits per heavy atom. The number of halogens is 1. The van der Waals surface area contributed by atoms with Crippen LogP contribution in [-0.4, -0.2) is 25.4 Å². The zero-order chi connectivity index (χ0) is 21.6. The summed E-state index contributed by atoms with van der Waals surface area (Å²) in [5.74, 6) is -1.86. The van der Waals surface area contributed by atoms with E-state index in [1.807, 2.05) is 0 Å². The van der Waals surface area contributed by atoms with Crippen molar-refractivity contribution in [3.63, 3.8) is 0 Å². The van der Waals surface area contributed by atoms with Gasteiger partial charge < -0.3 is 4.74 Å². The minimum absolute atomic E-state index is 0.0287. The molecule has 10 heteroatoms. The molecule has 0 saturated heterocycles. The van der Waals surface area contributed by atoms with E-state index in [9.17, 15) is 27.7 Å². The molecule has 0 aliphatic carbocycles. The van der Waals surface area contributed by atoms with Crippen molar-refractivity contribution in [2.75, 3.05) is 0 Å². The number of rotatable bonds is 9. The normalized spacial score (nSPS) is 12.6. The van der Waals surface area contributed by atoms with Crippen LogP contribution >= 0.6 is 0 Å². The Bertz CT molecular complexity index is 994. The van der Waals surface area contributed by atoms with Crippen molar-refractivity contribution in [1.82, 2.24) is 4.72 Å². The maximum absolute atomic E-state index is 13.4. The van der Waals surface area contributed by atoms with Crippen LogP contribution in [0.2, 0.25) is 0 Å². The van der Waals surface area contributed by atoms with Crippen LogP contribution in [0, 0.1) is 15.9 Å². The molecule has 1 atom stereocenters. The maximum Gasteiger partial charge on any atom is 0.308 e. The Hall–Kier alpha value is -2.85. The van der Waals surface area contributed by atoms with Gasteiger partial charge in [-0.2, -0.15) is 0 Å². The highest BCUT2D eigenvalue weighted by Gasteiger charge is 2.29. The second kappa shape index (κ2) is 9.57. The number of nitro groups is 1. The molecule has 8 nitrogen and oxygen atoms in total. The number of carbonyl (C=O) groups is 1. The van der Waals surface area contributed by atoms with Gasteiger partial charge in [-0.05, 0) is 31.5 Å². The molecule has 29 heavy (non-hydrogen) atoms. The van der Waals surface area contributed by atoms with Gasteiger partial charge in [-0.3, -0.25) is 14.9 Å². The van der Waals surface area contributed by atoms with Gasteiger partial charge in [-0.1, -0.05) is 30.3 Å². The first-order chi connectivity index (χ1) is 13.6. The molecule has 156 valence electrons. The Balaban J connectivity index is 2.34. The highest BCUT2D eigenvalue weighted by molar-refractivity contribution is 7.88. The number of nitrogens with one attached hydrogen (secondary N) is 1. The first kappa shape index (κ1) is 22.4. The van der Waals surface area contributed by atoms with E-state index in [1.54, 1.807) is 13.8 Å². The van der Waals surface area contributed by atoms with E-state index in [2.05, 4.69) is 4.72 Å². The Morgan fingerprint density at radius 2 is 1.90 bits per heavy atom. The van der Waals surface area contributed by atoms with Gasteiger partial charge in [0.1, 0.15) is 5.82 Å². The lowest BCUT2D eigenvalue weighted by Gasteiger charge is -2.19. The predicted molar refractivity (Wildman–Crippen MR) is 104 cm³/mol. The van der Waals surface area contributed by atoms with Gasteiger partial charge in [0.25, 0.3) is 5.69 Å². The summed E-state index contributed by atoms with van der Waals surface area (Å²) in [4.78, 5) is 22.8. The smallest absolute Gasteiger partial charge is 0.308 e. The number of hydrogen-bond acceptors (Lipinski definition) is 6. The molecule has 1 N–H and O–H groups in total. The summed E-state index contributed by atoms with van der Waals surface area (Å²) in [5, 5.41) is 11.4. The Labute approximate surface area is 167 Å². The van der Waals surface area contributed by atoms with Crippen molar-refractivity contribution in [3.05, 3.63) is 75.6 Å². The Kier molecular flexibility index (Phi) is 7.40. The van der Waals surface area contributed by atoms with E-state index < -0.39 is 51.1 Å². The van der Waals surface area contributed by atoms with Crippen molar-refractivity contribution in [3.8, 4) is 0 Å². The van der Waals surface area contributed by atoms with Crippen LogP contribution in [0.15, 0.2) is 48.5 Å². The number of para-hydroxylation sites is 1. The molecular weight excluding hydrogens is 403 g/mol. The topological polar surface area (TPSA) is 116 Å². The standard InChI is InChI=1S/C19H21FN2O6S/c1-13(2)28-19(23)11-17(16-8-3-4-9-18(16)22(24)25)21-29(26,27)12-14-6-5-7-15(20)10-14/h3-10,13,17,21H,11-12H2,1-2H3. The second-order valence-corrected chi connectivity index (χ2v) is 8.37. The van der Waals surface area contributed by atoms with Crippen LogP contribution < -0.4 is 4.72 Å². The van der Waals surface area contributed by atoms with E-state index in [1.165, 1.54) is 42.5 Å². The van der Waals surface area contributed by atoms with Crippen LogP contribution in [0.1, 0.15) is 37.4 Å². The van der Waals surface area contributed by atoms with Gasteiger partial charge in [-0.25, -0.2) is 17.5 Å². The molecule has 0 heterocycles. The van der Waals surface area contributed by atoms with Gasteiger partial charge in [-0.15, -0.1) is 0 Å². The average Bonchev–Trinajstić information content (AvgIpc) is 2.59. The molecular formula is C19H21FN2O6S. The number of nitrogens with zero attached hydrogens (tertiary/aromatic N) is 1. The zero-order valence-corrected chi connectivity index (χ0v) is 16.7. The van der Waals surface area contributed by atoms with E-state index in [0.717, 1.165) is 6.07 Å². The number of esters is 1. The highest BCUT2D eigenvalue weighted by atomic mass is 32.2. The van der Waals surface area contributed by atoms with Gasteiger partial charge >= 0.3 is 5.97 Å².